The summed E-state index contributed by atoms with van der Waals surface area (Å²) in [4.78, 5) is 0. The fourth-order valence-electron chi connectivity index (χ4n) is 4.53. The van der Waals surface area contributed by atoms with Gasteiger partial charge in [0.25, 0.3) is 0 Å². The van der Waals surface area contributed by atoms with Crippen molar-refractivity contribution in [1.82, 2.24) is 5.32 Å². The van der Waals surface area contributed by atoms with Gasteiger partial charge in [0.2, 0.25) is 0 Å². The van der Waals surface area contributed by atoms with Crippen LogP contribution in [0.1, 0.15) is 24.8 Å². The van der Waals surface area contributed by atoms with Crippen LogP contribution in [0.4, 0.5) is 10.1 Å². The van der Waals surface area contributed by atoms with E-state index in [1.54, 1.807) is 12.1 Å². The Morgan fingerprint density at radius 3 is 2.61 bits per heavy atom. The first kappa shape index (κ1) is 10.8. The van der Waals surface area contributed by atoms with Gasteiger partial charge in [-0.25, -0.2) is 4.39 Å². The minimum atomic E-state index is -0.184. The molecule has 0 radical (unpaired) electrons. The van der Waals surface area contributed by atoms with E-state index >= 15 is 0 Å². The summed E-state index contributed by atoms with van der Waals surface area (Å²) in [6.45, 7) is 0.642. The van der Waals surface area contributed by atoms with E-state index in [-0.39, 0.29) is 5.82 Å². The van der Waals surface area contributed by atoms with Gasteiger partial charge in [-0.05, 0) is 55.1 Å². The lowest BCUT2D eigenvalue weighted by atomic mass is 10.0. The number of anilines is 1. The molecule has 96 valence electrons. The van der Waals surface area contributed by atoms with Crippen LogP contribution in [0.3, 0.4) is 0 Å². The number of benzene rings is 1. The van der Waals surface area contributed by atoms with Crippen molar-refractivity contribution in [3.05, 3.63) is 29.6 Å². The molecule has 0 amide bonds. The molecule has 0 spiro atoms. The van der Waals surface area contributed by atoms with Crippen LogP contribution in [-0.4, -0.2) is 6.04 Å². The molecule has 0 saturated heterocycles. The van der Waals surface area contributed by atoms with E-state index in [1.807, 2.05) is 0 Å². The summed E-state index contributed by atoms with van der Waals surface area (Å²) in [5, 5.41) is 3.56. The molecule has 1 aromatic carbocycles. The first-order valence-electron chi connectivity index (χ1n) is 7.01. The molecule has 2 bridgehead atoms. The number of halogens is 1. The second-order valence-corrected chi connectivity index (χ2v) is 6.25. The minimum Gasteiger partial charge on any atom is -0.399 e. The predicted octanol–water partition coefficient (Wildman–Crippen LogP) is 2.54. The van der Waals surface area contributed by atoms with Crippen molar-refractivity contribution in [3.8, 4) is 0 Å². The second kappa shape index (κ2) is 3.70. The predicted molar refractivity (Wildman–Crippen MR) is 69.3 cm³/mol. The van der Waals surface area contributed by atoms with Gasteiger partial charge in [-0.15, -0.1) is 0 Å². The minimum absolute atomic E-state index is 0.184. The van der Waals surface area contributed by atoms with Gasteiger partial charge in [-0.3, -0.25) is 0 Å². The molecule has 18 heavy (non-hydrogen) atoms. The largest absolute Gasteiger partial charge is 0.399 e. The molecule has 3 aliphatic carbocycles. The Morgan fingerprint density at radius 1 is 1.22 bits per heavy atom. The first-order valence-corrected chi connectivity index (χ1v) is 7.01. The van der Waals surface area contributed by atoms with Gasteiger partial charge in [0.15, 0.2) is 0 Å². The highest BCUT2D eigenvalue weighted by atomic mass is 19.1. The number of rotatable bonds is 3. The molecule has 0 aromatic heterocycles. The number of hydrogen-bond donors (Lipinski definition) is 2. The van der Waals surface area contributed by atoms with Gasteiger partial charge in [0.05, 0.1) is 0 Å². The van der Waals surface area contributed by atoms with Gasteiger partial charge >= 0.3 is 0 Å². The number of nitrogens with two attached hydrogens (primary N) is 1. The molecular weight excluding hydrogens is 227 g/mol. The molecule has 3 saturated carbocycles. The van der Waals surface area contributed by atoms with Crippen molar-refractivity contribution in [3.63, 3.8) is 0 Å². The van der Waals surface area contributed by atoms with E-state index in [2.05, 4.69) is 5.32 Å². The molecule has 1 aromatic rings. The fourth-order valence-corrected chi connectivity index (χ4v) is 4.53. The van der Waals surface area contributed by atoms with E-state index in [9.17, 15) is 4.39 Å². The summed E-state index contributed by atoms with van der Waals surface area (Å²) in [6, 6.07) is 5.64. The maximum absolute atomic E-state index is 13.7. The summed E-state index contributed by atoms with van der Waals surface area (Å²) in [6.07, 6.45) is 4.32. The van der Waals surface area contributed by atoms with Crippen LogP contribution in [0, 0.1) is 29.5 Å². The highest BCUT2D eigenvalue weighted by Gasteiger charge is 2.64. The van der Waals surface area contributed by atoms with Gasteiger partial charge in [-0.1, -0.05) is 6.07 Å². The summed E-state index contributed by atoms with van der Waals surface area (Å²) >= 11 is 0. The van der Waals surface area contributed by atoms with Crippen LogP contribution in [0.5, 0.6) is 0 Å². The van der Waals surface area contributed by atoms with Gasteiger partial charge in [-0.2, -0.15) is 0 Å². The normalized spacial score (nSPS) is 39.9. The van der Waals surface area contributed by atoms with Crippen LogP contribution in [0.15, 0.2) is 18.2 Å². The van der Waals surface area contributed by atoms with Crippen molar-refractivity contribution in [2.24, 2.45) is 23.7 Å². The molecule has 3 N–H and O–H groups in total. The lowest BCUT2D eigenvalue weighted by Gasteiger charge is -2.11. The summed E-state index contributed by atoms with van der Waals surface area (Å²) in [5.41, 5.74) is 6.79. The quantitative estimate of drug-likeness (QED) is 0.804. The zero-order valence-electron chi connectivity index (χ0n) is 10.4. The number of nitrogen functional groups attached to an aromatic ring is 1. The third kappa shape index (κ3) is 1.50. The van der Waals surface area contributed by atoms with Crippen LogP contribution in [-0.2, 0) is 6.54 Å². The van der Waals surface area contributed by atoms with E-state index in [0.717, 1.165) is 29.2 Å². The lowest BCUT2D eigenvalue weighted by Crippen LogP contribution is -2.23. The molecule has 2 nitrogen and oxygen atoms in total. The van der Waals surface area contributed by atoms with Crippen molar-refractivity contribution < 1.29 is 4.39 Å². The smallest absolute Gasteiger partial charge is 0.129 e. The molecule has 3 fully saturated rings. The SMILES string of the molecule is Nc1ccc(CNC2C3C4CCC(C4)C23)c(F)c1. The standard InChI is InChI=1S/C15H19FN2/c16-12-6-11(17)4-3-10(12)7-18-15-13-8-1-2-9(5-8)14(13)15/h3-4,6,8-9,13-15,18H,1-2,5,7,17H2. The zero-order chi connectivity index (χ0) is 12.3. The lowest BCUT2D eigenvalue weighted by molar-refractivity contribution is 0.456. The molecule has 4 unspecified atom stereocenters. The molecule has 0 aliphatic heterocycles. The zero-order valence-corrected chi connectivity index (χ0v) is 10.4. The summed E-state index contributed by atoms with van der Waals surface area (Å²) in [5.74, 6) is 3.56. The average molecular weight is 246 g/mol. The number of hydrogen-bond acceptors (Lipinski definition) is 2. The number of fused-ring (bicyclic) bond motifs is 5. The van der Waals surface area contributed by atoms with Crippen LogP contribution < -0.4 is 11.1 Å². The topological polar surface area (TPSA) is 38.0 Å². The highest BCUT2D eigenvalue weighted by molar-refractivity contribution is 5.40. The van der Waals surface area contributed by atoms with E-state index < -0.39 is 0 Å². The molecule has 0 heterocycles. The van der Waals surface area contributed by atoms with Crippen molar-refractivity contribution in [2.45, 2.75) is 31.8 Å². The monoisotopic (exact) mass is 246 g/mol. The summed E-state index contributed by atoms with van der Waals surface area (Å²) in [7, 11) is 0. The van der Waals surface area contributed by atoms with Gasteiger partial charge < -0.3 is 11.1 Å². The Hall–Kier alpha value is -1.09. The van der Waals surface area contributed by atoms with Crippen LogP contribution >= 0.6 is 0 Å². The summed E-state index contributed by atoms with van der Waals surface area (Å²) < 4.78 is 13.7. The molecule has 4 rings (SSSR count). The Morgan fingerprint density at radius 2 is 1.94 bits per heavy atom. The third-order valence-electron chi connectivity index (χ3n) is 5.34. The second-order valence-electron chi connectivity index (χ2n) is 6.25. The molecule has 4 atom stereocenters. The Balaban J connectivity index is 1.40. The molecular formula is C15H19FN2. The van der Waals surface area contributed by atoms with E-state index in [4.69, 9.17) is 5.73 Å². The van der Waals surface area contributed by atoms with Crippen LogP contribution in [0.25, 0.3) is 0 Å². The Bertz CT molecular complexity index is 471. The molecule has 3 heteroatoms. The number of nitrogens with one attached hydrogen (secondary N) is 1. The van der Waals surface area contributed by atoms with E-state index in [0.29, 0.717) is 18.3 Å². The first-order chi connectivity index (χ1) is 8.74. The van der Waals surface area contributed by atoms with Crippen LogP contribution in [0.2, 0.25) is 0 Å². The Kier molecular flexibility index (Phi) is 2.22. The highest BCUT2D eigenvalue weighted by Crippen LogP contribution is 2.65. The van der Waals surface area contributed by atoms with Gasteiger partial charge in [0.1, 0.15) is 5.82 Å². The van der Waals surface area contributed by atoms with Crippen molar-refractivity contribution in [2.75, 3.05) is 5.73 Å². The Labute approximate surface area is 107 Å². The maximum atomic E-state index is 13.7. The van der Waals surface area contributed by atoms with E-state index in [1.165, 1.54) is 25.3 Å². The average Bonchev–Trinajstić information content (AvgIpc) is 2.75. The van der Waals surface area contributed by atoms with Crippen molar-refractivity contribution in [1.29, 1.82) is 0 Å². The third-order valence-corrected chi connectivity index (χ3v) is 5.34. The fraction of sp³-hybridized carbons (Fsp3) is 0.600. The maximum Gasteiger partial charge on any atom is 0.129 e. The molecule has 3 aliphatic rings. The van der Waals surface area contributed by atoms with Crippen molar-refractivity contribution >= 4 is 5.69 Å². The van der Waals surface area contributed by atoms with Gasteiger partial charge in [0, 0.05) is 23.8 Å².